The van der Waals surface area contributed by atoms with Gasteiger partial charge in [0.2, 0.25) is 29.5 Å². The maximum atomic E-state index is 14.1. The van der Waals surface area contributed by atoms with E-state index < -0.39 is 35.4 Å². The maximum absolute atomic E-state index is 14.1. The molecule has 0 spiro atoms. The van der Waals surface area contributed by atoms with Gasteiger partial charge in [-0.05, 0) is 61.2 Å². The normalized spacial score (nSPS) is 33.6. The first-order chi connectivity index (χ1) is 17.5. The van der Waals surface area contributed by atoms with Gasteiger partial charge in [-0.25, -0.2) is 0 Å². The van der Waals surface area contributed by atoms with Crippen LogP contribution >= 0.6 is 0 Å². The number of amides is 5. The summed E-state index contributed by atoms with van der Waals surface area (Å²) in [5.41, 5.74) is 5.09. The minimum absolute atomic E-state index is 0.0427. The van der Waals surface area contributed by atoms with E-state index in [1.165, 1.54) is 0 Å². The van der Waals surface area contributed by atoms with Crippen molar-refractivity contribution in [1.29, 1.82) is 0 Å². The fraction of sp³-hybridized carbons (Fsp3) is 0.741. The molecule has 2 bridgehead atoms. The van der Waals surface area contributed by atoms with Crippen LogP contribution in [0.15, 0.2) is 12.2 Å². The van der Waals surface area contributed by atoms with E-state index in [2.05, 4.69) is 28.1 Å². The third kappa shape index (κ3) is 4.86. The molecule has 2 saturated heterocycles. The number of allylic oxidation sites excluding steroid dienone is 2. The van der Waals surface area contributed by atoms with Crippen LogP contribution in [0.3, 0.4) is 0 Å². The molecule has 5 amide bonds. The van der Waals surface area contributed by atoms with E-state index in [-0.39, 0.29) is 53.7 Å². The number of rotatable bonds is 8. The molecule has 5 aliphatic rings. The lowest BCUT2D eigenvalue weighted by molar-refractivity contribution is -0.145. The lowest BCUT2D eigenvalue weighted by Crippen LogP contribution is -2.60. The Morgan fingerprint density at radius 3 is 2.38 bits per heavy atom. The number of primary amides is 1. The molecule has 5 N–H and O–H groups in total. The average molecular weight is 514 g/mol. The Bertz CT molecular complexity index is 1030. The van der Waals surface area contributed by atoms with Crippen LogP contribution in [0.2, 0.25) is 0 Å². The van der Waals surface area contributed by atoms with Crippen molar-refractivity contribution in [3.05, 3.63) is 12.2 Å². The second-order valence-corrected chi connectivity index (χ2v) is 12.7. The maximum Gasteiger partial charge on any atom is 0.246 e. The Morgan fingerprint density at radius 2 is 1.78 bits per heavy atom. The molecule has 0 radical (unpaired) electrons. The molecule has 2 aliphatic heterocycles. The number of carbonyl (C=O) groups is 5. The average Bonchev–Trinajstić information content (AvgIpc) is 3.14. The predicted octanol–water partition coefficient (Wildman–Crippen LogP) is 0.0727. The predicted molar refractivity (Wildman–Crippen MR) is 134 cm³/mol. The van der Waals surface area contributed by atoms with Crippen molar-refractivity contribution in [2.24, 2.45) is 46.7 Å². The SMILES string of the molecule is CC(C)(C)[C@H](NC(=O)C1CC1)C(=O)N1C[C@H]2[C@@H]([C@H]1C(=O)N[C@@H](C[C@@H]1CCNC1=O)C(N)=O)[C@H]1C=C[C@@H]2C1. The molecule has 0 aromatic heterocycles. The summed E-state index contributed by atoms with van der Waals surface area (Å²) in [5, 5.41) is 8.53. The molecule has 10 heteroatoms. The highest BCUT2D eigenvalue weighted by atomic mass is 16.2. The van der Waals surface area contributed by atoms with Crippen LogP contribution in [-0.2, 0) is 24.0 Å². The van der Waals surface area contributed by atoms with Gasteiger partial charge in [0.05, 0.1) is 0 Å². The molecule has 3 aliphatic carbocycles. The first kappa shape index (κ1) is 25.7. The molecule has 4 fully saturated rings. The zero-order valence-electron chi connectivity index (χ0n) is 21.9. The monoisotopic (exact) mass is 513 g/mol. The van der Waals surface area contributed by atoms with Crippen molar-refractivity contribution in [1.82, 2.24) is 20.9 Å². The summed E-state index contributed by atoms with van der Waals surface area (Å²) in [6.07, 6.45) is 7.68. The summed E-state index contributed by atoms with van der Waals surface area (Å²) in [6.45, 7) is 6.71. The second-order valence-electron chi connectivity index (χ2n) is 12.7. The highest BCUT2D eigenvalue weighted by molar-refractivity contribution is 5.96. The highest BCUT2D eigenvalue weighted by Gasteiger charge is 2.59. The Morgan fingerprint density at radius 1 is 1.08 bits per heavy atom. The van der Waals surface area contributed by atoms with E-state index >= 15 is 0 Å². The summed E-state index contributed by atoms with van der Waals surface area (Å²) in [5.74, 6) is -1.46. The number of nitrogens with two attached hydrogens (primary N) is 1. The summed E-state index contributed by atoms with van der Waals surface area (Å²) < 4.78 is 0. The van der Waals surface area contributed by atoms with Crippen molar-refractivity contribution >= 4 is 29.5 Å². The molecule has 202 valence electrons. The lowest BCUT2D eigenvalue weighted by atomic mass is 9.81. The van der Waals surface area contributed by atoms with Crippen LogP contribution in [0.4, 0.5) is 0 Å². The van der Waals surface area contributed by atoms with Gasteiger partial charge in [0, 0.05) is 24.9 Å². The van der Waals surface area contributed by atoms with Crippen molar-refractivity contribution < 1.29 is 24.0 Å². The van der Waals surface area contributed by atoms with Gasteiger partial charge in [-0.3, -0.25) is 24.0 Å². The molecule has 0 aromatic rings. The van der Waals surface area contributed by atoms with Crippen LogP contribution in [-0.4, -0.2) is 65.7 Å². The Balaban J connectivity index is 1.39. The van der Waals surface area contributed by atoms with E-state index in [1.807, 2.05) is 20.8 Å². The van der Waals surface area contributed by atoms with Gasteiger partial charge in [0.15, 0.2) is 0 Å². The molecule has 0 aromatic carbocycles. The molecule has 2 saturated carbocycles. The van der Waals surface area contributed by atoms with E-state index in [1.54, 1.807) is 4.90 Å². The Kier molecular flexibility index (Phi) is 6.56. The first-order valence-corrected chi connectivity index (χ1v) is 13.6. The van der Waals surface area contributed by atoms with Crippen LogP contribution in [0.5, 0.6) is 0 Å². The minimum Gasteiger partial charge on any atom is -0.368 e. The second kappa shape index (κ2) is 9.44. The molecule has 10 nitrogen and oxygen atoms in total. The van der Waals surface area contributed by atoms with Crippen LogP contribution in [0.25, 0.3) is 0 Å². The molecular weight excluding hydrogens is 474 g/mol. The summed E-state index contributed by atoms with van der Waals surface area (Å²) in [6, 6.07) is -2.53. The standard InChI is InChI=1S/C27H39N5O5/c1-27(2,3)21(31-24(35)13-4-5-13)26(37)32-12-17-14-6-7-15(10-14)19(17)20(32)25(36)30-18(22(28)33)11-16-8-9-29-23(16)34/h6-7,13-21H,4-5,8-12H2,1-3H3,(H2,28,33)(H,29,34)(H,30,36)(H,31,35)/t14-,15+,16+,17-,18+,19+,20+,21-/m1/s1. The molecule has 37 heavy (non-hydrogen) atoms. The van der Waals surface area contributed by atoms with Gasteiger partial charge >= 0.3 is 0 Å². The quantitative estimate of drug-likeness (QED) is 0.339. The zero-order chi connectivity index (χ0) is 26.6. The number of hydrogen-bond donors (Lipinski definition) is 4. The molecule has 8 atom stereocenters. The van der Waals surface area contributed by atoms with E-state index in [9.17, 15) is 24.0 Å². The van der Waals surface area contributed by atoms with Crippen molar-refractivity contribution in [3.8, 4) is 0 Å². The topological polar surface area (TPSA) is 151 Å². The number of nitrogens with one attached hydrogen (secondary N) is 3. The lowest BCUT2D eigenvalue weighted by Gasteiger charge is -2.37. The molecule has 2 heterocycles. The number of carbonyl (C=O) groups excluding carboxylic acids is 5. The van der Waals surface area contributed by atoms with Crippen LogP contribution in [0.1, 0.15) is 52.9 Å². The molecule has 5 rings (SSSR count). The fourth-order valence-corrected chi connectivity index (χ4v) is 6.86. The van der Waals surface area contributed by atoms with Gasteiger partial charge in [0.1, 0.15) is 18.1 Å². The highest BCUT2D eigenvalue weighted by Crippen LogP contribution is 2.54. The van der Waals surface area contributed by atoms with Gasteiger partial charge in [0.25, 0.3) is 0 Å². The number of fused-ring (bicyclic) bond motifs is 5. The zero-order valence-corrected chi connectivity index (χ0v) is 21.9. The van der Waals surface area contributed by atoms with Gasteiger partial charge < -0.3 is 26.6 Å². The van der Waals surface area contributed by atoms with E-state index in [4.69, 9.17) is 5.73 Å². The minimum atomic E-state index is -1.00. The van der Waals surface area contributed by atoms with Crippen molar-refractivity contribution in [2.45, 2.75) is 71.0 Å². The van der Waals surface area contributed by atoms with Gasteiger partial charge in [-0.15, -0.1) is 0 Å². The number of nitrogens with zero attached hydrogens (tertiary/aromatic N) is 1. The number of hydrogen-bond acceptors (Lipinski definition) is 5. The van der Waals surface area contributed by atoms with Crippen LogP contribution in [0, 0.1) is 40.9 Å². The summed E-state index contributed by atoms with van der Waals surface area (Å²) in [4.78, 5) is 66.6. The summed E-state index contributed by atoms with van der Waals surface area (Å²) in [7, 11) is 0. The van der Waals surface area contributed by atoms with Crippen molar-refractivity contribution in [3.63, 3.8) is 0 Å². The Labute approximate surface area is 217 Å². The van der Waals surface area contributed by atoms with Gasteiger partial charge in [-0.1, -0.05) is 32.9 Å². The van der Waals surface area contributed by atoms with Crippen LogP contribution < -0.4 is 21.7 Å². The molecule has 0 unspecified atom stereocenters. The third-order valence-corrected chi connectivity index (χ3v) is 9.04. The van der Waals surface area contributed by atoms with E-state index in [0.29, 0.717) is 25.4 Å². The Hall–Kier alpha value is -2.91. The summed E-state index contributed by atoms with van der Waals surface area (Å²) >= 11 is 0. The third-order valence-electron chi connectivity index (χ3n) is 9.04. The fourth-order valence-electron chi connectivity index (χ4n) is 6.86. The number of likely N-dealkylation sites (tertiary alicyclic amines) is 1. The smallest absolute Gasteiger partial charge is 0.246 e. The van der Waals surface area contributed by atoms with Crippen molar-refractivity contribution in [2.75, 3.05) is 13.1 Å². The molecular formula is C27H39N5O5. The first-order valence-electron chi connectivity index (χ1n) is 13.6. The largest absolute Gasteiger partial charge is 0.368 e. The van der Waals surface area contributed by atoms with E-state index in [0.717, 1.165) is 19.3 Å². The van der Waals surface area contributed by atoms with Gasteiger partial charge in [-0.2, -0.15) is 0 Å².